The summed E-state index contributed by atoms with van der Waals surface area (Å²) in [6.45, 7) is 9.35. The van der Waals surface area contributed by atoms with Gasteiger partial charge in [0, 0.05) is 6.54 Å². The number of benzene rings is 1. The normalized spacial score (nSPS) is 19.8. The second-order valence-electron chi connectivity index (χ2n) is 6.20. The van der Waals surface area contributed by atoms with Crippen LogP contribution in [0.25, 0.3) is 0 Å². The molecule has 1 fully saturated rings. The zero-order chi connectivity index (χ0) is 14.8. The van der Waals surface area contributed by atoms with Gasteiger partial charge in [-0.2, -0.15) is 0 Å². The molecular formula is C16H23NO3. The van der Waals surface area contributed by atoms with Crippen molar-refractivity contribution in [3.63, 3.8) is 0 Å². The third-order valence-corrected chi connectivity index (χ3v) is 3.13. The van der Waals surface area contributed by atoms with E-state index in [1.807, 2.05) is 32.9 Å². The van der Waals surface area contributed by atoms with Gasteiger partial charge in [-0.05, 0) is 33.3 Å². The van der Waals surface area contributed by atoms with Crippen molar-refractivity contribution in [2.75, 3.05) is 19.7 Å². The number of hydrogen-bond acceptors (Lipinski definition) is 3. The van der Waals surface area contributed by atoms with Crippen molar-refractivity contribution in [1.29, 1.82) is 0 Å². The Labute approximate surface area is 120 Å². The Balaban J connectivity index is 2.03. The molecule has 1 aliphatic rings. The summed E-state index contributed by atoms with van der Waals surface area (Å²) >= 11 is 0. The maximum atomic E-state index is 12.1. The Morgan fingerprint density at radius 1 is 1.40 bits per heavy atom. The van der Waals surface area contributed by atoms with E-state index in [0.29, 0.717) is 19.7 Å². The number of hydrogen-bond donors (Lipinski definition) is 0. The molecule has 1 unspecified atom stereocenters. The lowest BCUT2D eigenvalue weighted by Gasteiger charge is -2.34. The van der Waals surface area contributed by atoms with E-state index in [1.54, 1.807) is 4.90 Å². The average molecular weight is 277 g/mol. The molecule has 1 atom stereocenters. The molecule has 0 N–H and O–H groups in total. The van der Waals surface area contributed by atoms with Crippen molar-refractivity contribution in [2.45, 2.75) is 39.4 Å². The molecule has 0 saturated carbocycles. The first-order valence-corrected chi connectivity index (χ1v) is 7.01. The predicted octanol–water partition coefficient (Wildman–Crippen LogP) is 3.30. The molecule has 2 rings (SSSR count). The lowest BCUT2D eigenvalue weighted by atomic mass is 10.1. The molecule has 0 radical (unpaired) electrons. The Hall–Kier alpha value is -1.55. The maximum Gasteiger partial charge on any atom is 0.410 e. The second kappa shape index (κ2) is 5.83. The average Bonchev–Trinajstić information content (AvgIpc) is 2.37. The van der Waals surface area contributed by atoms with E-state index in [4.69, 9.17) is 9.47 Å². The summed E-state index contributed by atoms with van der Waals surface area (Å²) in [5.41, 5.74) is 1.84. The van der Waals surface area contributed by atoms with Crippen LogP contribution in [0.2, 0.25) is 0 Å². The van der Waals surface area contributed by atoms with Crippen LogP contribution in [0.4, 0.5) is 4.79 Å². The molecule has 1 saturated heterocycles. The van der Waals surface area contributed by atoms with E-state index in [-0.39, 0.29) is 12.2 Å². The first-order chi connectivity index (χ1) is 9.35. The Kier molecular flexibility index (Phi) is 4.33. The van der Waals surface area contributed by atoms with Crippen LogP contribution in [-0.4, -0.2) is 36.3 Å². The number of amides is 1. The highest BCUT2D eigenvalue weighted by Crippen LogP contribution is 2.24. The largest absolute Gasteiger partial charge is 0.444 e. The Bertz CT molecular complexity index is 479. The van der Waals surface area contributed by atoms with Gasteiger partial charge >= 0.3 is 6.09 Å². The van der Waals surface area contributed by atoms with Crippen LogP contribution in [0.15, 0.2) is 24.3 Å². The highest BCUT2D eigenvalue weighted by molar-refractivity contribution is 5.68. The Morgan fingerprint density at radius 2 is 2.15 bits per heavy atom. The van der Waals surface area contributed by atoms with Gasteiger partial charge in [-0.25, -0.2) is 4.79 Å². The van der Waals surface area contributed by atoms with Crippen molar-refractivity contribution in [2.24, 2.45) is 0 Å². The van der Waals surface area contributed by atoms with Gasteiger partial charge in [0.25, 0.3) is 0 Å². The van der Waals surface area contributed by atoms with E-state index >= 15 is 0 Å². The molecule has 1 aromatic carbocycles. The van der Waals surface area contributed by atoms with Crippen LogP contribution in [0.3, 0.4) is 0 Å². The number of aryl methyl sites for hydroxylation is 1. The summed E-state index contributed by atoms with van der Waals surface area (Å²) in [6, 6.07) is 8.21. The minimum atomic E-state index is -0.464. The van der Waals surface area contributed by atoms with Gasteiger partial charge in [0.2, 0.25) is 0 Å². The number of nitrogens with zero attached hydrogens (tertiary/aromatic N) is 1. The summed E-state index contributed by atoms with van der Waals surface area (Å²) < 4.78 is 11.2. The van der Waals surface area contributed by atoms with Gasteiger partial charge in [-0.15, -0.1) is 0 Å². The van der Waals surface area contributed by atoms with Gasteiger partial charge in [-0.3, -0.25) is 0 Å². The van der Waals surface area contributed by atoms with Gasteiger partial charge < -0.3 is 14.4 Å². The third-order valence-electron chi connectivity index (χ3n) is 3.13. The monoisotopic (exact) mass is 277 g/mol. The van der Waals surface area contributed by atoms with Crippen LogP contribution < -0.4 is 0 Å². The number of carbonyl (C=O) groups is 1. The zero-order valence-corrected chi connectivity index (χ0v) is 12.7. The smallest absolute Gasteiger partial charge is 0.410 e. The molecule has 110 valence electrons. The number of ether oxygens (including phenoxy) is 2. The first-order valence-electron chi connectivity index (χ1n) is 7.01. The van der Waals surface area contributed by atoms with Crippen LogP contribution in [-0.2, 0) is 9.47 Å². The number of carbonyl (C=O) groups excluding carboxylic acids is 1. The maximum absolute atomic E-state index is 12.1. The van der Waals surface area contributed by atoms with E-state index in [0.717, 1.165) is 5.56 Å². The number of rotatable bonds is 1. The molecule has 20 heavy (non-hydrogen) atoms. The summed E-state index contributed by atoms with van der Waals surface area (Å²) in [6.07, 6.45) is -0.338. The molecule has 1 aromatic rings. The molecule has 1 aliphatic heterocycles. The quantitative estimate of drug-likeness (QED) is 0.790. The van der Waals surface area contributed by atoms with Crippen molar-refractivity contribution in [3.8, 4) is 0 Å². The third kappa shape index (κ3) is 3.97. The first kappa shape index (κ1) is 14.9. The van der Waals surface area contributed by atoms with Crippen LogP contribution in [0.1, 0.15) is 38.0 Å². The Morgan fingerprint density at radius 3 is 2.80 bits per heavy atom. The fourth-order valence-electron chi connectivity index (χ4n) is 2.21. The van der Waals surface area contributed by atoms with Crippen molar-refractivity contribution < 1.29 is 14.3 Å². The lowest BCUT2D eigenvalue weighted by Crippen LogP contribution is -2.44. The summed E-state index contributed by atoms with van der Waals surface area (Å²) in [5.74, 6) is 0. The van der Waals surface area contributed by atoms with Crippen molar-refractivity contribution >= 4 is 6.09 Å². The standard InChI is InChI=1S/C16H23NO3/c1-12-6-5-7-13(10-12)14-11-17(8-9-19-14)15(18)20-16(2,3)4/h5-7,10,14H,8-9,11H2,1-4H3. The molecule has 0 bridgehead atoms. The molecule has 0 aliphatic carbocycles. The van der Waals surface area contributed by atoms with Crippen LogP contribution in [0, 0.1) is 6.92 Å². The van der Waals surface area contributed by atoms with Crippen LogP contribution in [0.5, 0.6) is 0 Å². The van der Waals surface area contributed by atoms with Gasteiger partial charge in [0.15, 0.2) is 0 Å². The summed E-state index contributed by atoms with van der Waals surface area (Å²) in [7, 11) is 0. The van der Waals surface area contributed by atoms with E-state index < -0.39 is 5.60 Å². The highest BCUT2D eigenvalue weighted by atomic mass is 16.6. The van der Waals surface area contributed by atoms with Crippen LogP contribution >= 0.6 is 0 Å². The van der Waals surface area contributed by atoms with Gasteiger partial charge in [-0.1, -0.05) is 29.8 Å². The van der Waals surface area contributed by atoms with Gasteiger partial charge in [0.05, 0.1) is 13.2 Å². The minimum absolute atomic E-state index is 0.0730. The molecule has 1 heterocycles. The molecule has 0 aromatic heterocycles. The molecule has 4 nitrogen and oxygen atoms in total. The minimum Gasteiger partial charge on any atom is -0.444 e. The molecule has 4 heteroatoms. The summed E-state index contributed by atoms with van der Waals surface area (Å²) in [4.78, 5) is 13.8. The number of morpholine rings is 1. The van der Waals surface area contributed by atoms with Gasteiger partial charge in [0.1, 0.15) is 11.7 Å². The van der Waals surface area contributed by atoms with E-state index in [9.17, 15) is 4.79 Å². The van der Waals surface area contributed by atoms with E-state index in [2.05, 4.69) is 19.1 Å². The predicted molar refractivity (Wildman–Crippen MR) is 77.7 cm³/mol. The topological polar surface area (TPSA) is 38.8 Å². The summed E-state index contributed by atoms with van der Waals surface area (Å²) in [5, 5.41) is 0. The lowest BCUT2D eigenvalue weighted by molar-refractivity contribution is -0.0433. The molecule has 0 spiro atoms. The van der Waals surface area contributed by atoms with Crippen molar-refractivity contribution in [3.05, 3.63) is 35.4 Å². The van der Waals surface area contributed by atoms with E-state index in [1.165, 1.54) is 5.56 Å². The fraction of sp³-hybridized carbons (Fsp3) is 0.562. The van der Waals surface area contributed by atoms with Crippen molar-refractivity contribution in [1.82, 2.24) is 4.90 Å². The fourth-order valence-corrected chi connectivity index (χ4v) is 2.21. The molecular weight excluding hydrogens is 254 g/mol. The second-order valence-corrected chi connectivity index (χ2v) is 6.20. The zero-order valence-electron chi connectivity index (χ0n) is 12.7. The highest BCUT2D eigenvalue weighted by Gasteiger charge is 2.28. The molecule has 1 amide bonds. The SMILES string of the molecule is Cc1cccc(C2CN(C(=O)OC(C)(C)C)CCO2)c1.